The Morgan fingerprint density at radius 3 is 0.391 bits per heavy atom. The van der Waals surface area contributed by atoms with Gasteiger partial charge >= 0.3 is 35.6 Å². The Bertz CT molecular complexity index is 758. The van der Waals surface area contributed by atoms with Crippen molar-refractivity contribution in [3.8, 4) is 0 Å². The van der Waals surface area contributed by atoms with Gasteiger partial charge in [-0.2, -0.15) is 0 Å². The first-order valence-corrected chi connectivity index (χ1v) is 28.4. The van der Waals surface area contributed by atoms with E-state index in [4.69, 9.17) is 0 Å². The predicted octanol–water partition coefficient (Wildman–Crippen LogP) is 16.2. The molecule has 0 rings (SSSR count). The van der Waals surface area contributed by atoms with Crippen LogP contribution in [0.3, 0.4) is 0 Å². The Labute approximate surface area is 428 Å². The van der Waals surface area contributed by atoms with Crippen LogP contribution >= 0.6 is 0 Å². The zero-order valence-electron chi connectivity index (χ0n) is 43.6. The summed E-state index contributed by atoms with van der Waals surface area (Å²) in [6, 6.07) is 0. The molecule has 0 unspecified atom stereocenters. The van der Waals surface area contributed by atoms with E-state index in [1.54, 1.807) is 0 Å². The maximum Gasteiger partial charge on any atom is 3.00 e. The molecule has 0 spiro atoms. The number of aliphatic carboxylic acids is 3. The van der Waals surface area contributed by atoms with Crippen LogP contribution in [0.4, 0.5) is 0 Å². The number of hydrogen-bond acceptors (Lipinski definition) is 6. The number of carboxylic acid groups (broad SMARTS) is 3. The summed E-state index contributed by atoms with van der Waals surface area (Å²) in [6.07, 6.45) is 64.0. The molecule has 378 valence electrons. The van der Waals surface area contributed by atoms with Gasteiger partial charge in [0.15, 0.2) is 0 Å². The molecule has 0 aromatic heterocycles. The van der Waals surface area contributed by atoms with Crippen molar-refractivity contribution in [3.63, 3.8) is 0 Å². The minimum Gasteiger partial charge on any atom is -0.550 e. The smallest absolute Gasteiger partial charge is 0.550 e. The van der Waals surface area contributed by atoms with Gasteiger partial charge in [0.2, 0.25) is 0 Å². The van der Waals surface area contributed by atoms with Crippen LogP contribution in [0.25, 0.3) is 0 Å². The molecular weight excluding hydrogens is 920 g/mol. The first-order valence-electron chi connectivity index (χ1n) is 28.4. The molecule has 0 radical (unpaired) electrons. The maximum absolute atomic E-state index is 10.2. The van der Waals surface area contributed by atoms with Crippen molar-refractivity contribution in [1.82, 2.24) is 0 Å². The average molecular weight is 1030 g/mol. The van der Waals surface area contributed by atoms with Gasteiger partial charge in [0, 0.05) is 17.9 Å². The zero-order chi connectivity index (χ0) is 46.8. The van der Waals surface area contributed by atoms with Crippen molar-refractivity contribution in [1.29, 1.82) is 0 Å². The number of rotatable bonds is 51. The van der Waals surface area contributed by atoms with Crippen molar-refractivity contribution >= 4 is 17.9 Å². The second-order valence-corrected chi connectivity index (χ2v) is 19.3. The van der Waals surface area contributed by atoms with Gasteiger partial charge in [-0.15, -0.1) is 0 Å². The molecule has 0 amide bonds. The molecule has 0 heterocycles. The molecule has 6 nitrogen and oxygen atoms in total. The normalized spacial score (nSPS) is 10.7. The van der Waals surface area contributed by atoms with Crippen LogP contribution in [0, 0.1) is 35.6 Å². The minimum absolute atomic E-state index is 0. The number of hydrogen-bond donors (Lipinski definition) is 0. The van der Waals surface area contributed by atoms with E-state index in [0.717, 1.165) is 38.5 Å². The van der Waals surface area contributed by atoms with Gasteiger partial charge in [-0.05, 0) is 38.5 Å². The van der Waals surface area contributed by atoms with Crippen LogP contribution in [-0.4, -0.2) is 17.9 Å². The average Bonchev–Trinajstić information content (AvgIpc) is 3.26. The van der Waals surface area contributed by atoms with Crippen LogP contribution in [0.5, 0.6) is 0 Å². The number of carbonyl (C=O) groups excluding carboxylic acids is 3. The van der Waals surface area contributed by atoms with E-state index >= 15 is 0 Å². The van der Waals surface area contributed by atoms with Gasteiger partial charge < -0.3 is 29.7 Å². The molecule has 0 atom stereocenters. The Morgan fingerprint density at radius 1 is 0.203 bits per heavy atom. The third-order valence-corrected chi connectivity index (χ3v) is 12.7. The fourth-order valence-corrected chi connectivity index (χ4v) is 8.45. The fourth-order valence-electron chi connectivity index (χ4n) is 8.45. The van der Waals surface area contributed by atoms with Crippen LogP contribution in [-0.2, 0) is 14.4 Å². The summed E-state index contributed by atoms with van der Waals surface area (Å²) in [5, 5.41) is 30.7. The largest absolute Gasteiger partial charge is 3.00 e. The Kier molecular flexibility index (Phi) is 73.3. The summed E-state index contributed by atoms with van der Waals surface area (Å²) in [5.41, 5.74) is 0. The van der Waals surface area contributed by atoms with Crippen LogP contribution in [0.15, 0.2) is 0 Å². The second kappa shape index (κ2) is 66.9. The molecule has 0 saturated heterocycles. The van der Waals surface area contributed by atoms with Gasteiger partial charge in [0.05, 0.1) is 0 Å². The van der Waals surface area contributed by atoms with Crippen LogP contribution < -0.4 is 15.3 Å². The summed E-state index contributed by atoms with van der Waals surface area (Å²) >= 11 is 0. The monoisotopic (exact) mass is 1030 g/mol. The first-order chi connectivity index (χ1) is 30.8. The van der Waals surface area contributed by atoms with Gasteiger partial charge in [-0.3, -0.25) is 0 Å². The number of carbonyl (C=O) groups is 3. The maximum atomic E-state index is 10.2. The molecule has 0 N–H and O–H groups in total. The van der Waals surface area contributed by atoms with Crippen molar-refractivity contribution in [2.75, 3.05) is 0 Å². The number of unbranched alkanes of at least 4 members (excludes halogenated alkanes) is 45. The summed E-state index contributed by atoms with van der Waals surface area (Å²) in [6.45, 7) is 6.81. The van der Waals surface area contributed by atoms with E-state index in [-0.39, 0.29) is 54.9 Å². The molecule has 0 aromatic carbocycles. The third-order valence-electron chi connectivity index (χ3n) is 12.7. The molecule has 7 heteroatoms. The molecule has 0 aliphatic heterocycles. The molecule has 0 fully saturated rings. The fraction of sp³-hybridized carbons (Fsp3) is 0.947. The summed E-state index contributed by atoms with van der Waals surface area (Å²) in [5.74, 6) is -2.71. The molecule has 0 aliphatic carbocycles. The number of carboxylic acids is 3. The summed E-state index contributed by atoms with van der Waals surface area (Å²) < 4.78 is 0. The van der Waals surface area contributed by atoms with Crippen molar-refractivity contribution in [2.45, 2.75) is 348 Å². The molecule has 0 aliphatic rings. The minimum atomic E-state index is -0.902. The van der Waals surface area contributed by atoms with E-state index in [1.807, 2.05) is 0 Å². The van der Waals surface area contributed by atoms with E-state index in [0.29, 0.717) is 0 Å². The quantitative estimate of drug-likeness (QED) is 0.0560. The SMILES string of the molecule is CCCCCCCCCCCCCCCCCCC(=O)[O-].CCCCCCCCCCCCCCCCCCC(=O)[O-].CCCCCCCCCCCCCCCCCCC(=O)[O-].[La+3]. The first kappa shape index (κ1) is 70.2. The van der Waals surface area contributed by atoms with Crippen molar-refractivity contribution in [2.24, 2.45) is 0 Å². The van der Waals surface area contributed by atoms with Crippen LogP contribution in [0.2, 0.25) is 0 Å². The molecule has 0 bridgehead atoms. The van der Waals surface area contributed by atoms with Gasteiger partial charge in [0.25, 0.3) is 0 Å². The Morgan fingerprint density at radius 2 is 0.297 bits per heavy atom. The van der Waals surface area contributed by atoms with E-state index in [9.17, 15) is 29.7 Å². The summed E-state index contributed by atoms with van der Waals surface area (Å²) in [4.78, 5) is 30.7. The van der Waals surface area contributed by atoms with Gasteiger partial charge in [0.1, 0.15) is 0 Å². The van der Waals surface area contributed by atoms with E-state index in [1.165, 1.54) is 270 Å². The van der Waals surface area contributed by atoms with E-state index < -0.39 is 17.9 Å². The molecule has 0 saturated carbocycles. The third kappa shape index (κ3) is 78.7. The summed E-state index contributed by atoms with van der Waals surface area (Å²) in [7, 11) is 0. The standard InChI is InChI=1S/3C19H38O2.La/c3*1-2-3-4-5-6-7-8-9-10-11-12-13-14-15-16-17-18-19(20)21;/h3*2-18H2,1H3,(H,20,21);/q;;;+3/p-3. The predicted molar refractivity (Wildman–Crippen MR) is 268 cm³/mol. The van der Waals surface area contributed by atoms with Crippen molar-refractivity contribution < 1.29 is 65.3 Å². The van der Waals surface area contributed by atoms with Crippen molar-refractivity contribution in [3.05, 3.63) is 0 Å². The zero-order valence-corrected chi connectivity index (χ0v) is 47.2. The Hall–Kier alpha value is -0.395. The molecule has 64 heavy (non-hydrogen) atoms. The van der Waals surface area contributed by atoms with Gasteiger partial charge in [-0.25, -0.2) is 0 Å². The molecule has 0 aromatic rings. The molecular formula is C57H111LaO6. The van der Waals surface area contributed by atoms with Gasteiger partial charge in [-0.1, -0.05) is 310 Å². The van der Waals surface area contributed by atoms with Crippen LogP contribution in [0.1, 0.15) is 348 Å². The Balaban J connectivity index is -0.000000419. The topological polar surface area (TPSA) is 120 Å². The van der Waals surface area contributed by atoms with E-state index in [2.05, 4.69) is 20.8 Å². The second-order valence-electron chi connectivity index (χ2n) is 19.3.